The van der Waals surface area contributed by atoms with Gasteiger partial charge >= 0.3 is 0 Å². The van der Waals surface area contributed by atoms with Crippen LogP contribution in [-0.4, -0.2) is 46.1 Å². The van der Waals surface area contributed by atoms with E-state index in [0.717, 1.165) is 32.1 Å². The lowest BCUT2D eigenvalue weighted by atomic mass is 10.0. The van der Waals surface area contributed by atoms with Gasteiger partial charge in [-0.2, -0.15) is 0 Å². The molecule has 0 saturated heterocycles. The molecule has 4 N–H and O–H groups in total. The summed E-state index contributed by atoms with van der Waals surface area (Å²) in [5, 5.41) is 33.3. The average molecular weight is 696 g/mol. The molecule has 0 aliphatic rings. The maximum Gasteiger partial charge on any atom is 0.249 e. The Kier molecular flexibility index (Phi) is 39.6. The second-order valence-electron chi connectivity index (χ2n) is 15.6. The van der Waals surface area contributed by atoms with E-state index in [4.69, 9.17) is 0 Å². The Morgan fingerprint density at radius 1 is 0.408 bits per heavy atom. The van der Waals surface area contributed by atoms with Gasteiger partial charge in [0.25, 0.3) is 0 Å². The first-order valence-electron chi connectivity index (χ1n) is 22.3. The molecule has 0 aliphatic heterocycles. The smallest absolute Gasteiger partial charge is 0.249 e. The minimum absolute atomic E-state index is 0.308. The Hall–Kier alpha value is -0.650. The van der Waals surface area contributed by atoms with Crippen LogP contribution < -0.4 is 5.32 Å². The van der Waals surface area contributed by atoms with Gasteiger partial charge in [-0.25, -0.2) is 0 Å². The zero-order chi connectivity index (χ0) is 35.9. The van der Waals surface area contributed by atoms with Crippen LogP contribution in [0, 0.1) is 0 Å². The number of aliphatic hydroxyl groups excluding tert-OH is 3. The number of hydrogen-bond acceptors (Lipinski definition) is 4. The van der Waals surface area contributed by atoms with Crippen LogP contribution in [0.25, 0.3) is 0 Å². The molecule has 5 heteroatoms. The molecule has 3 unspecified atom stereocenters. The molecule has 49 heavy (non-hydrogen) atoms. The molecule has 5 nitrogen and oxygen atoms in total. The molecule has 1 amide bonds. The first kappa shape index (κ1) is 48.3. The number of hydrogen-bond donors (Lipinski definition) is 4. The van der Waals surface area contributed by atoms with Gasteiger partial charge in [-0.1, -0.05) is 239 Å². The van der Waals surface area contributed by atoms with Crippen molar-refractivity contribution in [2.75, 3.05) is 6.61 Å². The van der Waals surface area contributed by atoms with E-state index in [1.807, 2.05) is 0 Å². The second kappa shape index (κ2) is 40.1. The van der Waals surface area contributed by atoms with Gasteiger partial charge in [0.2, 0.25) is 5.91 Å². The molecule has 0 rings (SSSR count). The monoisotopic (exact) mass is 696 g/mol. The van der Waals surface area contributed by atoms with Crippen LogP contribution in [0.5, 0.6) is 0 Å². The van der Waals surface area contributed by atoms with Crippen molar-refractivity contribution in [2.24, 2.45) is 0 Å². The van der Waals surface area contributed by atoms with Crippen molar-refractivity contribution in [3.63, 3.8) is 0 Å². The van der Waals surface area contributed by atoms with E-state index in [1.165, 1.54) is 193 Å². The number of aliphatic hydroxyl groups is 3. The van der Waals surface area contributed by atoms with Crippen LogP contribution >= 0.6 is 0 Å². The van der Waals surface area contributed by atoms with Gasteiger partial charge in [-0.3, -0.25) is 4.79 Å². The van der Waals surface area contributed by atoms with Crippen molar-refractivity contribution >= 4 is 5.91 Å². The summed E-state index contributed by atoms with van der Waals surface area (Å²) in [7, 11) is 0. The van der Waals surface area contributed by atoms with Gasteiger partial charge in [0, 0.05) is 0 Å². The van der Waals surface area contributed by atoms with E-state index in [-0.39, 0.29) is 6.61 Å². The molecule has 0 fully saturated rings. The highest BCUT2D eigenvalue weighted by atomic mass is 16.3. The molecule has 0 spiro atoms. The summed E-state index contributed by atoms with van der Waals surface area (Å²) >= 11 is 0. The van der Waals surface area contributed by atoms with Crippen molar-refractivity contribution in [1.29, 1.82) is 0 Å². The summed E-state index contributed by atoms with van der Waals surface area (Å²) in [6, 6.07) is -0.705. The van der Waals surface area contributed by atoms with Crippen molar-refractivity contribution in [1.82, 2.24) is 5.32 Å². The van der Waals surface area contributed by atoms with E-state index < -0.39 is 24.2 Å². The number of rotatable bonds is 41. The number of carbonyl (C=O) groups excluding carboxylic acids is 1. The minimum Gasteiger partial charge on any atom is -0.394 e. The van der Waals surface area contributed by atoms with Crippen LogP contribution in [0.3, 0.4) is 0 Å². The lowest BCUT2D eigenvalue weighted by Gasteiger charge is -2.23. The zero-order valence-corrected chi connectivity index (χ0v) is 33.4. The van der Waals surface area contributed by atoms with Crippen LogP contribution in [0.4, 0.5) is 0 Å². The summed E-state index contributed by atoms with van der Waals surface area (Å²) in [6.07, 6.45) is 45.3. The molecule has 0 bridgehead atoms. The van der Waals surface area contributed by atoms with Crippen LogP contribution in [0.15, 0.2) is 0 Å². The maximum absolute atomic E-state index is 12.5. The largest absolute Gasteiger partial charge is 0.394 e. The van der Waals surface area contributed by atoms with E-state index >= 15 is 0 Å². The molecule has 0 aliphatic carbocycles. The summed E-state index contributed by atoms with van der Waals surface area (Å²) in [5.41, 5.74) is 0. The van der Waals surface area contributed by atoms with Crippen molar-refractivity contribution in [3.8, 4) is 0 Å². The molecule has 0 aromatic rings. The predicted octanol–water partition coefficient (Wildman–Crippen LogP) is 12.7. The molecule has 3 atom stereocenters. The number of unbranched alkanes of at least 4 members (excludes halogenated alkanes) is 33. The van der Waals surface area contributed by atoms with Gasteiger partial charge in [0.05, 0.1) is 18.8 Å². The highest BCUT2D eigenvalue weighted by Gasteiger charge is 2.23. The zero-order valence-electron chi connectivity index (χ0n) is 33.4. The third-order valence-electron chi connectivity index (χ3n) is 10.7. The van der Waals surface area contributed by atoms with Crippen LogP contribution in [-0.2, 0) is 4.79 Å². The quantitative estimate of drug-likeness (QED) is 0.0479. The third kappa shape index (κ3) is 35.5. The average Bonchev–Trinajstić information content (AvgIpc) is 3.11. The van der Waals surface area contributed by atoms with Gasteiger partial charge in [-0.15, -0.1) is 0 Å². The van der Waals surface area contributed by atoms with E-state index in [2.05, 4.69) is 19.2 Å². The second-order valence-corrected chi connectivity index (χ2v) is 15.6. The summed E-state index contributed by atoms with van der Waals surface area (Å²) in [6.45, 7) is 4.25. The fraction of sp³-hybridized carbons (Fsp3) is 0.977. The first-order valence-corrected chi connectivity index (χ1v) is 22.3. The van der Waals surface area contributed by atoms with Crippen LogP contribution in [0.1, 0.15) is 251 Å². The maximum atomic E-state index is 12.5. The highest BCUT2D eigenvalue weighted by molar-refractivity contribution is 5.80. The van der Waals surface area contributed by atoms with Gasteiger partial charge in [0.15, 0.2) is 0 Å². The topological polar surface area (TPSA) is 89.8 Å². The SMILES string of the molecule is CCCCCCCCCCCCCCCCCCCCCCCCC(O)C(=O)NC(CO)C(O)CCCCCCCCCCCCCCC. The molecular formula is C44H89NO4. The number of nitrogens with one attached hydrogen (secondary N) is 1. The van der Waals surface area contributed by atoms with E-state index in [9.17, 15) is 20.1 Å². The Labute approximate surface area is 307 Å². The summed E-state index contributed by atoms with van der Waals surface area (Å²) in [4.78, 5) is 12.5. The van der Waals surface area contributed by atoms with Crippen molar-refractivity contribution < 1.29 is 20.1 Å². The van der Waals surface area contributed by atoms with Crippen molar-refractivity contribution in [2.45, 2.75) is 270 Å². The molecule has 0 saturated carbocycles. The number of carbonyl (C=O) groups is 1. The fourth-order valence-corrected chi connectivity index (χ4v) is 7.19. The molecular weight excluding hydrogens is 606 g/mol. The Morgan fingerprint density at radius 2 is 0.653 bits per heavy atom. The minimum atomic E-state index is -1.07. The lowest BCUT2D eigenvalue weighted by molar-refractivity contribution is -0.131. The normalized spacial score (nSPS) is 13.5. The predicted molar refractivity (Wildman–Crippen MR) is 213 cm³/mol. The molecule has 0 aromatic carbocycles. The van der Waals surface area contributed by atoms with Crippen LogP contribution in [0.2, 0.25) is 0 Å². The van der Waals surface area contributed by atoms with E-state index in [1.54, 1.807) is 0 Å². The lowest BCUT2D eigenvalue weighted by Crippen LogP contribution is -2.49. The molecule has 294 valence electrons. The molecule has 0 aromatic heterocycles. The Balaban J connectivity index is 3.54. The van der Waals surface area contributed by atoms with Gasteiger partial charge < -0.3 is 20.6 Å². The molecule has 0 radical (unpaired) electrons. The third-order valence-corrected chi connectivity index (χ3v) is 10.7. The molecule has 0 heterocycles. The van der Waals surface area contributed by atoms with Gasteiger partial charge in [-0.05, 0) is 12.8 Å². The number of amides is 1. The van der Waals surface area contributed by atoms with Gasteiger partial charge in [0.1, 0.15) is 6.10 Å². The summed E-state index contributed by atoms with van der Waals surface area (Å²) < 4.78 is 0. The van der Waals surface area contributed by atoms with Crippen molar-refractivity contribution in [3.05, 3.63) is 0 Å². The standard InChI is InChI=1S/C44H89NO4/c1-3-5-7-9-11-13-15-17-18-19-20-21-22-23-24-25-27-29-31-33-35-37-39-43(48)44(49)45-41(40-46)42(47)38-36-34-32-30-28-26-16-14-12-10-8-6-4-2/h41-43,46-48H,3-40H2,1-2H3,(H,45,49). The Morgan fingerprint density at radius 3 is 0.918 bits per heavy atom. The highest BCUT2D eigenvalue weighted by Crippen LogP contribution is 2.17. The Bertz CT molecular complexity index is 644. The fourth-order valence-electron chi connectivity index (χ4n) is 7.19. The first-order chi connectivity index (χ1) is 24.1. The van der Waals surface area contributed by atoms with E-state index in [0.29, 0.717) is 12.8 Å². The summed E-state index contributed by atoms with van der Waals surface area (Å²) in [5.74, 6) is -0.466.